The van der Waals surface area contributed by atoms with Gasteiger partial charge in [-0.05, 0) is 50.2 Å². The monoisotopic (exact) mass is 387 g/mol. The average molecular weight is 388 g/mol. The quantitative estimate of drug-likeness (QED) is 0.637. The van der Waals surface area contributed by atoms with Crippen molar-refractivity contribution in [2.75, 3.05) is 13.1 Å². The molecule has 0 saturated heterocycles. The number of amides is 3. The first-order valence-electron chi connectivity index (χ1n) is 8.56. The highest BCUT2D eigenvalue weighted by Crippen LogP contribution is 2.09. The highest BCUT2D eigenvalue weighted by atomic mass is 35.5. The van der Waals surface area contributed by atoms with Crippen LogP contribution in [0.3, 0.4) is 0 Å². The molecular weight excluding hydrogens is 366 g/mol. The first kappa shape index (κ1) is 20.5. The molecule has 0 spiro atoms. The molecule has 2 aromatic rings. The molecule has 1 unspecified atom stereocenters. The summed E-state index contributed by atoms with van der Waals surface area (Å²) in [5.74, 6) is -0.879. The Morgan fingerprint density at radius 2 is 1.59 bits per heavy atom. The Bertz CT molecular complexity index is 821. The lowest BCUT2D eigenvalue weighted by Gasteiger charge is -2.14. The zero-order valence-corrected chi connectivity index (χ0v) is 16.0. The summed E-state index contributed by atoms with van der Waals surface area (Å²) >= 11 is 5.78. The maximum atomic E-state index is 12.2. The number of carbonyl (C=O) groups excluding carboxylic acids is 3. The molecule has 6 nitrogen and oxygen atoms in total. The van der Waals surface area contributed by atoms with E-state index in [1.165, 1.54) is 0 Å². The minimum absolute atomic E-state index is 0.248. The third kappa shape index (κ3) is 6.42. The van der Waals surface area contributed by atoms with Crippen molar-refractivity contribution in [3.8, 4) is 0 Å². The number of benzene rings is 2. The van der Waals surface area contributed by atoms with Gasteiger partial charge in [0, 0.05) is 29.2 Å². The van der Waals surface area contributed by atoms with E-state index >= 15 is 0 Å². The molecule has 27 heavy (non-hydrogen) atoms. The van der Waals surface area contributed by atoms with E-state index in [9.17, 15) is 14.4 Å². The number of aryl methyl sites for hydroxylation is 1. The second-order valence-corrected chi connectivity index (χ2v) is 6.55. The van der Waals surface area contributed by atoms with Crippen molar-refractivity contribution >= 4 is 29.3 Å². The van der Waals surface area contributed by atoms with Crippen molar-refractivity contribution in [1.82, 2.24) is 16.0 Å². The molecule has 0 aliphatic heterocycles. The van der Waals surface area contributed by atoms with Gasteiger partial charge in [-0.25, -0.2) is 0 Å². The lowest BCUT2D eigenvalue weighted by molar-refractivity contribution is -0.122. The molecule has 0 aliphatic rings. The van der Waals surface area contributed by atoms with Crippen LogP contribution < -0.4 is 16.0 Å². The molecule has 0 saturated carbocycles. The van der Waals surface area contributed by atoms with E-state index in [-0.39, 0.29) is 30.8 Å². The molecule has 1 atom stereocenters. The highest BCUT2D eigenvalue weighted by molar-refractivity contribution is 6.30. The molecular formula is C20H22ClN3O3. The summed E-state index contributed by atoms with van der Waals surface area (Å²) in [7, 11) is 0. The molecule has 0 fully saturated rings. The largest absolute Gasteiger partial charge is 0.353 e. The van der Waals surface area contributed by atoms with Crippen LogP contribution in [-0.4, -0.2) is 36.9 Å². The predicted molar refractivity (Wildman–Crippen MR) is 105 cm³/mol. The standard InChI is InChI=1S/C20H22ClN3O3/c1-13-4-3-5-16(12-13)20(27)24-14(2)18(25)22-10-11-23-19(26)15-6-8-17(21)9-7-15/h3-9,12,14H,10-11H2,1-2H3,(H,22,25)(H,23,26)(H,24,27). The topological polar surface area (TPSA) is 87.3 Å². The van der Waals surface area contributed by atoms with Gasteiger partial charge >= 0.3 is 0 Å². The van der Waals surface area contributed by atoms with Crippen LogP contribution in [0.4, 0.5) is 0 Å². The van der Waals surface area contributed by atoms with E-state index < -0.39 is 6.04 Å². The van der Waals surface area contributed by atoms with Gasteiger partial charge in [0.25, 0.3) is 11.8 Å². The molecule has 3 N–H and O–H groups in total. The second-order valence-electron chi connectivity index (χ2n) is 6.12. The van der Waals surface area contributed by atoms with Crippen LogP contribution >= 0.6 is 11.6 Å². The third-order valence-electron chi connectivity index (χ3n) is 3.84. The van der Waals surface area contributed by atoms with Gasteiger partial charge in [-0.1, -0.05) is 29.3 Å². The van der Waals surface area contributed by atoms with Crippen LogP contribution in [0.5, 0.6) is 0 Å². The van der Waals surface area contributed by atoms with Crippen LogP contribution in [0.25, 0.3) is 0 Å². The number of hydrogen-bond acceptors (Lipinski definition) is 3. The van der Waals surface area contributed by atoms with Crippen LogP contribution in [0.15, 0.2) is 48.5 Å². The Labute approximate surface area is 163 Å². The van der Waals surface area contributed by atoms with Crippen molar-refractivity contribution in [2.45, 2.75) is 19.9 Å². The van der Waals surface area contributed by atoms with Gasteiger partial charge in [0.1, 0.15) is 6.04 Å². The fourth-order valence-corrected chi connectivity index (χ4v) is 2.48. The predicted octanol–water partition coefficient (Wildman–Crippen LogP) is 2.31. The Morgan fingerprint density at radius 3 is 2.26 bits per heavy atom. The van der Waals surface area contributed by atoms with Gasteiger partial charge in [0.2, 0.25) is 5.91 Å². The van der Waals surface area contributed by atoms with Crippen LogP contribution in [0.2, 0.25) is 5.02 Å². The van der Waals surface area contributed by atoms with Crippen molar-refractivity contribution in [3.63, 3.8) is 0 Å². The molecule has 0 radical (unpaired) electrons. The Morgan fingerprint density at radius 1 is 0.926 bits per heavy atom. The highest BCUT2D eigenvalue weighted by Gasteiger charge is 2.16. The van der Waals surface area contributed by atoms with E-state index in [0.717, 1.165) is 5.56 Å². The Kier molecular flexibility index (Phi) is 7.37. The Hall–Kier alpha value is -2.86. The molecule has 0 bridgehead atoms. The maximum Gasteiger partial charge on any atom is 0.251 e. The summed E-state index contributed by atoms with van der Waals surface area (Å²) in [5.41, 5.74) is 1.96. The van der Waals surface area contributed by atoms with Crippen LogP contribution in [0, 0.1) is 6.92 Å². The summed E-state index contributed by atoms with van der Waals surface area (Å²) < 4.78 is 0. The minimum Gasteiger partial charge on any atom is -0.353 e. The number of hydrogen-bond donors (Lipinski definition) is 3. The minimum atomic E-state index is -0.690. The first-order valence-corrected chi connectivity index (χ1v) is 8.93. The summed E-state index contributed by atoms with van der Waals surface area (Å²) in [6, 6.07) is 13.0. The first-order chi connectivity index (χ1) is 12.9. The Balaban J connectivity index is 1.72. The van der Waals surface area contributed by atoms with Gasteiger partial charge in [0.15, 0.2) is 0 Å². The molecule has 0 aliphatic carbocycles. The van der Waals surface area contributed by atoms with E-state index in [1.54, 1.807) is 49.4 Å². The fourth-order valence-electron chi connectivity index (χ4n) is 2.35. The molecule has 0 heterocycles. The van der Waals surface area contributed by atoms with Gasteiger partial charge in [0.05, 0.1) is 0 Å². The lowest BCUT2D eigenvalue weighted by atomic mass is 10.1. The maximum absolute atomic E-state index is 12.2. The van der Waals surface area contributed by atoms with E-state index in [1.807, 2.05) is 13.0 Å². The van der Waals surface area contributed by atoms with Gasteiger partial charge in [-0.15, -0.1) is 0 Å². The van der Waals surface area contributed by atoms with Gasteiger partial charge in [-0.3, -0.25) is 14.4 Å². The van der Waals surface area contributed by atoms with E-state index in [0.29, 0.717) is 16.1 Å². The average Bonchev–Trinajstić information content (AvgIpc) is 2.65. The normalized spacial score (nSPS) is 11.4. The molecule has 0 aromatic heterocycles. The number of nitrogens with one attached hydrogen (secondary N) is 3. The number of rotatable bonds is 7. The smallest absolute Gasteiger partial charge is 0.251 e. The van der Waals surface area contributed by atoms with E-state index in [2.05, 4.69) is 16.0 Å². The summed E-state index contributed by atoms with van der Waals surface area (Å²) in [6.45, 7) is 4.02. The van der Waals surface area contributed by atoms with E-state index in [4.69, 9.17) is 11.6 Å². The zero-order valence-electron chi connectivity index (χ0n) is 15.2. The van der Waals surface area contributed by atoms with Crippen molar-refractivity contribution in [2.24, 2.45) is 0 Å². The van der Waals surface area contributed by atoms with Crippen LogP contribution in [-0.2, 0) is 4.79 Å². The second kappa shape index (κ2) is 9.73. The van der Waals surface area contributed by atoms with Crippen molar-refractivity contribution < 1.29 is 14.4 Å². The number of carbonyl (C=O) groups is 3. The molecule has 2 aromatic carbocycles. The van der Waals surface area contributed by atoms with Crippen molar-refractivity contribution in [1.29, 1.82) is 0 Å². The molecule has 142 valence electrons. The van der Waals surface area contributed by atoms with Crippen LogP contribution in [0.1, 0.15) is 33.2 Å². The summed E-state index contributed by atoms with van der Waals surface area (Å²) in [4.78, 5) is 36.2. The van der Waals surface area contributed by atoms with Gasteiger partial charge < -0.3 is 16.0 Å². The molecule has 3 amide bonds. The molecule has 7 heteroatoms. The molecule has 2 rings (SSSR count). The fraction of sp³-hybridized carbons (Fsp3) is 0.250. The summed E-state index contributed by atoms with van der Waals surface area (Å²) in [6.07, 6.45) is 0. The van der Waals surface area contributed by atoms with Gasteiger partial charge in [-0.2, -0.15) is 0 Å². The SMILES string of the molecule is Cc1cccc(C(=O)NC(C)C(=O)NCCNC(=O)c2ccc(Cl)cc2)c1. The zero-order chi connectivity index (χ0) is 19.8. The van der Waals surface area contributed by atoms with Crippen molar-refractivity contribution in [3.05, 3.63) is 70.2 Å². The summed E-state index contributed by atoms with van der Waals surface area (Å²) in [5, 5.41) is 8.59. The lowest BCUT2D eigenvalue weighted by Crippen LogP contribution is -2.46. The number of halogens is 1. The third-order valence-corrected chi connectivity index (χ3v) is 4.09.